The monoisotopic (exact) mass is 287 g/mol. The Hall–Kier alpha value is -1.89. The second-order valence-corrected chi connectivity index (χ2v) is 4.34. The average Bonchev–Trinajstić information content (AvgIpc) is 2.86. The van der Waals surface area contributed by atoms with Gasteiger partial charge in [-0.05, 0) is 24.6 Å². The molecule has 2 aromatic rings. The SMILES string of the molecule is CCn1cc(C(N)c2ccc(F)c(C(F)(F)F)c2)cn1. The number of hydrogen-bond donors (Lipinski definition) is 1. The lowest BCUT2D eigenvalue weighted by atomic mass is 10.00. The van der Waals surface area contributed by atoms with Crippen molar-refractivity contribution in [3.05, 3.63) is 53.1 Å². The van der Waals surface area contributed by atoms with Gasteiger partial charge in [0, 0.05) is 18.3 Å². The first-order valence-electron chi connectivity index (χ1n) is 5.97. The van der Waals surface area contributed by atoms with Gasteiger partial charge in [0.1, 0.15) is 5.82 Å². The van der Waals surface area contributed by atoms with Crippen molar-refractivity contribution in [3.63, 3.8) is 0 Å². The van der Waals surface area contributed by atoms with Crippen LogP contribution in [0, 0.1) is 5.82 Å². The van der Waals surface area contributed by atoms with Crippen LogP contribution in [0.5, 0.6) is 0 Å². The highest BCUT2D eigenvalue weighted by Gasteiger charge is 2.34. The van der Waals surface area contributed by atoms with Crippen LogP contribution in [0.15, 0.2) is 30.6 Å². The van der Waals surface area contributed by atoms with Crippen molar-refractivity contribution in [1.82, 2.24) is 9.78 Å². The van der Waals surface area contributed by atoms with Crippen molar-refractivity contribution in [2.45, 2.75) is 25.7 Å². The van der Waals surface area contributed by atoms with E-state index in [9.17, 15) is 17.6 Å². The zero-order valence-electron chi connectivity index (χ0n) is 10.7. The number of aryl methyl sites for hydroxylation is 1. The summed E-state index contributed by atoms with van der Waals surface area (Å²) >= 11 is 0. The van der Waals surface area contributed by atoms with Crippen LogP contribution in [-0.2, 0) is 12.7 Å². The van der Waals surface area contributed by atoms with E-state index in [0.29, 0.717) is 12.1 Å². The van der Waals surface area contributed by atoms with Crippen molar-refractivity contribution in [2.75, 3.05) is 0 Å². The van der Waals surface area contributed by atoms with Gasteiger partial charge < -0.3 is 5.73 Å². The van der Waals surface area contributed by atoms with Gasteiger partial charge in [-0.3, -0.25) is 4.68 Å². The lowest BCUT2D eigenvalue weighted by Gasteiger charge is -2.14. The Morgan fingerprint density at radius 1 is 1.30 bits per heavy atom. The quantitative estimate of drug-likeness (QED) is 0.881. The summed E-state index contributed by atoms with van der Waals surface area (Å²) in [4.78, 5) is 0. The molecule has 20 heavy (non-hydrogen) atoms. The molecule has 1 heterocycles. The topological polar surface area (TPSA) is 43.8 Å². The van der Waals surface area contributed by atoms with Gasteiger partial charge in [-0.15, -0.1) is 0 Å². The Bertz CT molecular complexity index is 604. The van der Waals surface area contributed by atoms with Crippen molar-refractivity contribution in [2.24, 2.45) is 5.73 Å². The first-order valence-corrected chi connectivity index (χ1v) is 5.97. The molecule has 1 atom stereocenters. The fourth-order valence-electron chi connectivity index (χ4n) is 1.86. The van der Waals surface area contributed by atoms with E-state index < -0.39 is 23.6 Å². The number of benzene rings is 1. The molecule has 0 spiro atoms. The molecule has 0 radical (unpaired) electrons. The number of nitrogens with two attached hydrogens (primary N) is 1. The lowest BCUT2D eigenvalue weighted by Crippen LogP contribution is -2.14. The zero-order valence-corrected chi connectivity index (χ0v) is 10.7. The van der Waals surface area contributed by atoms with Gasteiger partial charge in [-0.2, -0.15) is 18.3 Å². The van der Waals surface area contributed by atoms with Crippen molar-refractivity contribution < 1.29 is 17.6 Å². The van der Waals surface area contributed by atoms with Crippen LogP contribution in [-0.4, -0.2) is 9.78 Å². The lowest BCUT2D eigenvalue weighted by molar-refractivity contribution is -0.140. The smallest absolute Gasteiger partial charge is 0.320 e. The Kier molecular flexibility index (Phi) is 3.80. The summed E-state index contributed by atoms with van der Waals surface area (Å²) in [5.74, 6) is -1.31. The molecule has 0 saturated heterocycles. The van der Waals surface area contributed by atoms with E-state index in [4.69, 9.17) is 5.73 Å². The number of rotatable bonds is 3. The second kappa shape index (κ2) is 5.24. The minimum absolute atomic E-state index is 0.189. The summed E-state index contributed by atoms with van der Waals surface area (Å²) in [6.07, 6.45) is -1.60. The maximum Gasteiger partial charge on any atom is 0.419 e. The Morgan fingerprint density at radius 2 is 2.00 bits per heavy atom. The van der Waals surface area contributed by atoms with Crippen LogP contribution < -0.4 is 5.73 Å². The third-order valence-electron chi connectivity index (χ3n) is 2.99. The molecule has 7 heteroatoms. The van der Waals surface area contributed by atoms with Gasteiger partial charge in [-0.1, -0.05) is 6.07 Å². The summed E-state index contributed by atoms with van der Waals surface area (Å²) in [7, 11) is 0. The van der Waals surface area contributed by atoms with E-state index in [-0.39, 0.29) is 5.56 Å². The highest BCUT2D eigenvalue weighted by molar-refractivity contribution is 5.34. The van der Waals surface area contributed by atoms with Gasteiger partial charge in [0.15, 0.2) is 0 Å². The summed E-state index contributed by atoms with van der Waals surface area (Å²) in [5, 5.41) is 4.01. The highest BCUT2D eigenvalue weighted by atomic mass is 19.4. The second-order valence-electron chi connectivity index (χ2n) is 4.34. The van der Waals surface area contributed by atoms with Crippen LogP contribution >= 0.6 is 0 Å². The fraction of sp³-hybridized carbons (Fsp3) is 0.308. The van der Waals surface area contributed by atoms with Crippen LogP contribution in [0.2, 0.25) is 0 Å². The van der Waals surface area contributed by atoms with Gasteiger partial charge >= 0.3 is 6.18 Å². The van der Waals surface area contributed by atoms with E-state index in [2.05, 4.69) is 5.10 Å². The average molecular weight is 287 g/mol. The van der Waals surface area contributed by atoms with E-state index in [1.165, 1.54) is 12.3 Å². The minimum Gasteiger partial charge on any atom is -0.320 e. The van der Waals surface area contributed by atoms with Gasteiger partial charge in [0.2, 0.25) is 0 Å². The van der Waals surface area contributed by atoms with Crippen molar-refractivity contribution >= 4 is 0 Å². The van der Waals surface area contributed by atoms with E-state index in [1.807, 2.05) is 6.92 Å². The molecule has 1 unspecified atom stereocenters. The summed E-state index contributed by atoms with van der Waals surface area (Å²) in [6.45, 7) is 2.51. The Labute approximate surface area is 113 Å². The molecule has 0 saturated carbocycles. The highest BCUT2D eigenvalue weighted by Crippen LogP contribution is 2.33. The summed E-state index contributed by atoms with van der Waals surface area (Å²) < 4.78 is 52.8. The number of alkyl halides is 3. The van der Waals surface area contributed by atoms with E-state index >= 15 is 0 Å². The van der Waals surface area contributed by atoms with Crippen LogP contribution in [0.1, 0.15) is 29.7 Å². The molecule has 0 bridgehead atoms. The molecular formula is C13H13F4N3. The third kappa shape index (κ3) is 2.82. The third-order valence-corrected chi connectivity index (χ3v) is 2.99. The number of halogens is 4. The van der Waals surface area contributed by atoms with Gasteiger partial charge in [0.05, 0.1) is 17.8 Å². The molecule has 0 aliphatic rings. The number of hydrogen-bond acceptors (Lipinski definition) is 2. The maximum absolute atomic E-state index is 13.2. The number of aromatic nitrogens is 2. The molecule has 2 rings (SSSR count). The molecular weight excluding hydrogens is 274 g/mol. The minimum atomic E-state index is -4.74. The van der Waals surface area contributed by atoms with Crippen molar-refractivity contribution in [3.8, 4) is 0 Å². The molecule has 2 N–H and O–H groups in total. The fourth-order valence-corrected chi connectivity index (χ4v) is 1.86. The molecule has 1 aromatic carbocycles. The molecule has 0 fully saturated rings. The standard InChI is InChI=1S/C13H13F4N3/c1-2-20-7-9(6-19-20)12(18)8-3-4-11(14)10(5-8)13(15,16)17/h3-7,12H,2,18H2,1H3. The van der Waals surface area contributed by atoms with Crippen LogP contribution in [0.3, 0.4) is 0 Å². The zero-order chi connectivity index (χ0) is 14.9. The van der Waals surface area contributed by atoms with Crippen LogP contribution in [0.4, 0.5) is 17.6 Å². The molecule has 0 amide bonds. The molecule has 108 valence electrons. The Morgan fingerprint density at radius 3 is 2.55 bits per heavy atom. The molecule has 0 aliphatic heterocycles. The first kappa shape index (κ1) is 14.5. The van der Waals surface area contributed by atoms with E-state index in [1.54, 1.807) is 10.9 Å². The number of nitrogens with zero attached hydrogens (tertiary/aromatic N) is 2. The van der Waals surface area contributed by atoms with Crippen LogP contribution in [0.25, 0.3) is 0 Å². The summed E-state index contributed by atoms with van der Waals surface area (Å²) in [5.41, 5.74) is 5.36. The Balaban J connectivity index is 2.37. The summed E-state index contributed by atoms with van der Waals surface area (Å²) in [6, 6.07) is 1.99. The molecule has 0 aliphatic carbocycles. The normalized spacial score (nSPS) is 13.5. The first-order chi connectivity index (χ1) is 9.32. The van der Waals surface area contributed by atoms with Gasteiger partial charge in [0.25, 0.3) is 0 Å². The maximum atomic E-state index is 13.2. The van der Waals surface area contributed by atoms with E-state index in [0.717, 1.165) is 12.1 Å². The predicted octanol–water partition coefficient (Wildman–Crippen LogP) is 3.11. The van der Waals surface area contributed by atoms with Gasteiger partial charge in [-0.25, -0.2) is 4.39 Å². The molecule has 3 nitrogen and oxygen atoms in total. The largest absolute Gasteiger partial charge is 0.419 e. The molecule has 1 aromatic heterocycles. The predicted molar refractivity (Wildman–Crippen MR) is 65.3 cm³/mol. The van der Waals surface area contributed by atoms with Crippen molar-refractivity contribution in [1.29, 1.82) is 0 Å².